The molecule has 1 heterocycles. The van der Waals surface area contributed by atoms with Gasteiger partial charge in [-0.2, -0.15) is 13.1 Å². The number of benzene rings is 2. The lowest BCUT2D eigenvalue weighted by Crippen LogP contribution is -2.37. The second-order valence-corrected chi connectivity index (χ2v) is 7.75. The van der Waals surface area contributed by atoms with Crippen LogP contribution in [0.1, 0.15) is 5.56 Å². The first-order valence-electron chi connectivity index (χ1n) is 7.58. The molecule has 0 spiro atoms. The Labute approximate surface area is 157 Å². The summed E-state index contributed by atoms with van der Waals surface area (Å²) in [5, 5.41) is 0. The molecule has 0 saturated carbocycles. The smallest absolute Gasteiger partial charge is 0.245 e. The van der Waals surface area contributed by atoms with Gasteiger partial charge in [-0.1, -0.05) is 36.4 Å². The number of aromatic nitrogens is 2. The summed E-state index contributed by atoms with van der Waals surface area (Å²) < 4.78 is 35.8. The molecule has 9 heteroatoms. The molecule has 0 aliphatic carbocycles. The van der Waals surface area contributed by atoms with E-state index in [-0.39, 0.29) is 30.4 Å². The van der Waals surface area contributed by atoms with Crippen molar-refractivity contribution in [1.82, 2.24) is 13.1 Å². The molecular weight excluding hydrogens is 380 g/mol. The molecule has 2 aromatic carbocycles. The van der Waals surface area contributed by atoms with Crippen molar-refractivity contribution in [2.24, 2.45) is 5.73 Å². The highest BCUT2D eigenvalue weighted by atomic mass is 35.5. The van der Waals surface area contributed by atoms with Gasteiger partial charge < -0.3 is 5.73 Å². The summed E-state index contributed by atoms with van der Waals surface area (Å²) >= 11 is 1.01. The van der Waals surface area contributed by atoms with Gasteiger partial charge in [-0.05, 0) is 24.1 Å². The number of nitrogens with zero attached hydrogens (tertiary/aromatic N) is 3. The lowest BCUT2D eigenvalue weighted by atomic mass is 10.1. The molecule has 0 saturated heterocycles. The van der Waals surface area contributed by atoms with Gasteiger partial charge in [0.05, 0.1) is 11.7 Å². The Morgan fingerprint density at radius 3 is 2.48 bits per heavy atom. The maximum Gasteiger partial charge on any atom is 0.245 e. The third-order valence-electron chi connectivity index (χ3n) is 3.74. The van der Waals surface area contributed by atoms with Crippen molar-refractivity contribution in [3.05, 3.63) is 54.1 Å². The van der Waals surface area contributed by atoms with E-state index in [1.165, 1.54) is 4.31 Å². The zero-order valence-electron chi connectivity index (χ0n) is 13.4. The van der Waals surface area contributed by atoms with Crippen LogP contribution < -0.4 is 5.73 Å². The van der Waals surface area contributed by atoms with Crippen molar-refractivity contribution in [1.29, 1.82) is 0 Å². The van der Waals surface area contributed by atoms with Gasteiger partial charge in [0, 0.05) is 19.6 Å². The molecule has 0 unspecified atom stereocenters. The van der Waals surface area contributed by atoms with Gasteiger partial charge in [-0.15, -0.1) is 12.4 Å². The van der Waals surface area contributed by atoms with Crippen LogP contribution in [0.3, 0.4) is 0 Å². The monoisotopic (exact) mass is 398 g/mol. The average Bonchev–Trinajstić information content (AvgIpc) is 3.07. The molecule has 2 N–H and O–H groups in total. The van der Waals surface area contributed by atoms with Crippen LogP contribution in [0, 0.1) is 0 Å². The van der Waals surface area contributed by atoms with E-state index >= 15 is 0 Å². The fourth-order valence-corrected chi connectivity index (χ4v) is 4.73. The zero-order chi connectivity index (χ0) is 17.0. The standard InChI is InChI=1S/C16H18N4O2S2.ClH/c17-10-12-20(11-9-13-5-2-1-3-6-13)24(21,22)15-8-4-7-14-16(15)19-23-18-14;/h1-8H,9-12,17H2;1H. The van der Waals surface area contributed by atoms with Crippen LogP contribution in [0.25, 0.3) is 11.0 Å². The van der Waals surface area contributed by atoms with E-state index in [4.69, 9.17) is 5.73 Å². The fraction of sp³-hybridized carbons (Fsp3) is 0.250. The minimum atomic E-state index is -3.67. The SMILES string of the molecule is Cl.NCCN(CCc1ccccc1)S(=O)(=O)c1cccc2nsnc12. The highest BCUT2D eigenvalue weighted by Gasteiger charge is 2.26. The first-order chi connectivity index (χ1) is 11.6. The number of hydrogen-bond acceptors (Lipinski definition) is 6. The van der Waals surface area contributed by atoms with Gasteiger partial charge in [0.1, 0.15) is 15.9 Å². The van der Waals surface area contributed by atoms with Crippen LogP contribution in [0.2, 0.25) is 0 Å². The lowest BCUT2D eigenvalue weighted by molar-refractivity contribution is 0.422. The van der Waals surface area contributed by atoms with Gasteiger partial charge >= 0.3 is 0 Å². The van der Waals surface area contributed by atoms with Crippen LogP contribution in [-0.2, 0) is 16.4 Å². The van der Waals surface area contributed by atoms with E-state index in [9.17, 15) is 8.42 Å². The average molecular weight is 399 g/mol. The summed E-state index contributed by atoms with van der Waals surface area (Å²) in [5.74, 6) is 0. The van der Waals surface area contributed by atoms with E-state index in [0.29, 0.717) is 24.0 Å². The summed E-state index contributed by atoms with van der Waals surface area (Å²) in [6, 6.07) is 14.8. The molecule has 0 aliphatic rings. The fourth-order valence-electron chi connectivity index (χ4n) is 2.52. The maximum atomic E-state index is 13.1. The third-order valence-corrected chi connectivity index (χ3v) is 6.21. The summed E-state index contributed by atoms with van der Waals surface area (Å²) in [6.45, 7) is 0.903. The third kappa shape index (κ3) is 4.34. The minimum Gasteiger partial charge on any atom is -0.329 e. The van der Waals surface area contributed by atoms with Crippen LogP contribution in [0.15, 0.2) is 53.4 Å². The van der Waals surface area contributed by atoms with Crippen LogP contribution >= 0.6 is 24.1 Å². The highest BCUT2D eigenvalue weighted by Crippen LogP contribution is 2.24. The second-order valence-electron chi connectivity index (χ2n) is 5.32. The van der Waals surface area contributed by atoms with E-state index < -0.39 is 10.0 Å². The number of sulfonamides is 1. The topological polar surface area (TPSA) is 89.2 Å². The normalized spacial score (nSPS) is 11.6. The summed E-state index contributed by atoms with van der Waals surface area (Å²) in [4.78, 5) is 0.190. The first-order valence-corrected chi connectivity index (χ1v) is 9.75. The Hall–Kier alpha value is -1.58. The summed E-state index contributed by atoms with van der Waals surface area (Å²) in [6.07, 6.45) is 0.630. The summed E-state index contributed by atoms with van der Waals surface area (Å²) in [7, 11) is -3.67. The first kappa shape index (κ1) is 19.7. The van der Waals surface area contributed by atoms with E-state index in [2.05, 4.69) is 8.75 Å². The Kier molecular flexibility index (Phi) is 6.86. The second kappa shape index (κ2) is 8.68. The van der Waals surface area contributed by atoms with Crippen LogP contribution in [0.5, 0.6) is 0 Å². The molecule has 0 radical (unpaired) electrons. The Bertz CT molecular complexity index is 916. The van der Waals surface area contributed by atoms with Gasteiger partial charge in [-0.25, -0.2) is 8.42 Å². The number of nitrogens with two attached hydrogens (primary N) is 1. The Balaban J connectivity index is 0.00000225. The van der Waals surface area contributed by atoms with E-state index in [1.54, 1.807) is 18.2 Å². The number of rotatable bonds is 7. The molecule has 0 amide bonds. The summed E-state index contributed by atoms with van der Waals surface area (Å²) in [5.41, 5.74) is 7.73. The van der Waals surface area contributed by atoms with Crippen LogP contribution in [0.4, 0.5) is 0 Å². The van der Waals surface area contributed by atoms with Crippen molar-refractivity contribution in [2.75, 3.05) is 19.6 Å². The molecule has 1 aromatic heterocycles. The van der Waals surface area contributed by atoms with Crippen molar-refractivity contribution in [2.45, 2.75) is 11.3 Å². The van der Waals surface area contributed by atoms with Crippen molar-refractivity contribution in [3.63, 3.8) is 0 Å². The predicted molar refractivity (Wildman–Crippen MR) is 103 cm³/mol. The zero-order valence-corrected chi connectivity index (χ0v) is 15.9. The van der Waals surface area contributed by atoms with Gasteiger partial charge in [-0.3, -0.25) is 0 Å². The molecule has 3 rings (SSSR count). The quantitative estimate of drug-likeness (QED) is 0.659. The number of fused-ring (bicyclic) bond motifs is 1. The van der Waals surface area contributed by atoms with Crippen molar-refractivity contribution >= 4 is 45.2 Å². The largest absolute Gasteiger partial charge is 0.329 e. The lowest BCUT2D eigenvalue weighted by Gasteiger charge is -2.21. The Morgan fingerprint density at radius 2 is 1.76 bits per heavy atom. The molecule has 0 atom stereocenters. The van der Waals surface area contributed by atoms with Crippen LogP contribution in [-0.4, -0.2) is 41.1 Å². The number of halogens is 1. The van der Waals surface area contributed by atoms with Crippen molar-refractivity contribution < 1.29 is 8.42 Å². The Morgan fingerprint density at radius 1 is 1.00 bits per heavy atom. The molecule has 0 bridgehead atoms. The number of hydrogen-bond donors (Lipinski definition) is 1. The molecule has 6 nitrogen and oxygen atoms in total. The minimum absolute atomic E-state index is 0. The van der Waals surface area contributed by atoms with Gasteiger partial charge in [0.15, 0.2) is 0 Å². The molecule has 134 valence electrons. The van der Waals surface area contributed by atoms with Gasteiger partial charge in [0.25, 0.3) is 0 Å². The maximum absolute atomic E-state index is 13.1. The molecule has 0 aliphatic heterocycles. The van der Waals surface area contributed by atoms with Gasteiger partial charge in [0.2, 0.25) is 10.0 Å². The van der Waals surface area contributed by atoms with Crippen molar-refractivity contribution in [3.8, 4) is 0 Å². The van der Waals surface area contributed by atoms with E-state index in [1.807, 2.05) is 30.3 Å². The molecular formula is C16H19ClN4O2S2. The molecule has 25 heavy (non-hydrogen) atoms. The molecule has 3 aromatic rings. The highest BCUT2D eigenvalue weighted by molar-refractivity contribution is 7.89. The van der Waals surface area contributed by atoms with E-state index in [0.717, 1.165) is 17.3 Å². The predicted octanol–water partition coefficient (Wildman–Crippen LogP) is 2.31. The molecule has 0 fully saturated rings.